The minimum atomic E-state index is -1.47. The summed E-state index contributed by atoms with van der Waals surface area (Å²) in [5, 5.41) is 0. The molecule has 1 N–H and O–H groups in total. The van der Waals surface area contributed by atoms with Crippen molar-refractivity contribution in [1.82, 2.24) is 9.55 Å². The number of H-pyrrole nitrogens is 1. The fourth-order valence-electron chi connectivity index (χ4n) is 2.32. The predicted molar refractivity (Wildman–Crippen MR) is 91.5 cm³/mol. The van der Waals surface area contributed by atoms with Gasteiger partial charge < -0.3 is 13.8 Å². The van der Waals surface area contributed by atoms with Crippen LogP contribution in [-0.2, 0) is 26.9 Å². The molecule has 0 amide bonds. The quantitative estimate of drug-likeness (QED) is 0.752. The lowest BCUT2D eigenvalue weighted by Crippen LogP contribution is -2.30. The molecule has 0 bridgehead atoms. The topological polar surface area (TPSA) is 91.8 Å². The van der Waals surface area contributed by atoms with Crippen molar-refractivity contribution in [3.05, 3.63) is 62.9 Å². The van der Waals surface area contributed by atoms with E-state index in [2.05, 4.69) is 4.98 Å². The van der Waals surface area contributed by atoms with Crippen molar-refractivity contribution < 1.29 is 18.3 Å². The van der Waals surface area contributed by atoms with Crippen LogP contribution in [0, 0.1) is 0 Å². The van der Waals surface area contributed by atoms with Gasteiger partial charge in [0.1, 0.15) is 5.75 Å². The second-order valence-corrected chi connectivity index (χ2v) is 6.59. The minimum absolute atomic E-state index is 0.231. The molecule has 134 valence electrons. The number of benzene rings is 1. The molecule has 2 unspecified atom stereocenters. The molecule has 0 fully saturated rings. The molecule has 0 aliphatic carbocycles. The molecule has 2 aromatic rings. The monoisotopic (exact) mass is 366 g/mol. The van der Waals surface area contributed by atoms with Gasteiger partial charge in [0, 0.05) is 31.5 Å². The standard InChI is InChI=1S/C16H19N2O6P/c1-21-13(6-8-18-9-7-15(19)17-16(18)20)11-23-25-22-10-12-4-2-3-5-14(12)24-25/h2-5,7,9,13H,6,8,10-11H2,1H3,(H,17,19,20). The van der Waals surface area contributed by atoms with E-state index >= 15 is 0 Å². The van der Waals surface area contributed by atoms with Gasteiger partial charge in [-0.05, 0) is 12.5 Å². The largest absolute Gasteiger partial charge is 0.426 e. The SMILES string of the molecule is COC(CCn1ccc(=O)[nH]c1=O)COP1OCc2ccccc2O1. The highest BCUT2D eigenvalue weighted by atomic mass is 31.2. The van der Waals surface area contributed by atoms with Crippen molar-refractivity contribution in [2.24, 2.45) is 0 Å². The van der Waals surface area contributed by atoms with Crippen LogP contribution in [0.1, 0.15) is 12.0 Å². The molecule has 8 nitrogen and oxygen atoms in total. The summed E-state index contributed by atoms with van der Waals surface area (Å²) in [6.07, 6.45) is 1.77. The molecule has 1 aliphatic rings. The third kappa shape index (κ3) is 4.76. The number of ether oxygens (including phenoxy) is 1. The van der Waals surface area contributed by atoms with Gasteiger partial charge in [0.2, 0.25) is 0 Å². The summed E-state index contributed by atoms with van der Waals surface area (Å²) in [7, 11) is 0.110. The maximum absolute atomic E-state index is 11.7. The van der Waals surface area contributed by atoms with E-state index in [0.29, 0.717) is 19.6 Å². The van der Waals surface area contributed by atoms with Crippen molar-refractivity contribution in [1.29, 1.82) is 0 Å². The van der Waals surface area contributed by atoms with Crippen LogP contribution in [0.25, 0.3) is 0 Å². The molecular formula is C16H19N2O6P. The van der Waals surface area contributed by atoms with Gasteiger partial charge in [-0.25, -0.2) is 4.79 Å². The third-order valence-corrected chi connectivity index (χ3v) is 4.80. The van der Waals surface area contributed by atoms with E-state index in [1.807, 2.05) is 24.3 Å². The smallest absolute Gasteiger partial charge is 0.397 e. The van der Waals surface area contributed by atoms with Crippen LogP contribution < -0.4 is 15.8 Å². The highest BCUT2D eigenvalue weighted by Gasteiger charge is 2.24. The van der Waals surface area contributed by atoms with Crippen LogP contribution >= 0.6 is 8.60 Å². The first kappa shape index (κ1) is 17.8. The molecule has 0 saturated heterocycles. The number of hydrogen-bond acceptors (Lipinski definition) is 6. The Hall–Kier alpha value is -1.99. The summed E-state index contributed by atoms with van der Waals surface area (Å²) in [6.45, 7) is 1.13. The lowest BCUT2D eigenvalue weighted by molar-refractivity contribution is 0.0399. The lowest BCUT2D eigenvalue weighted by atomic mass is 10.2. The molecule has 0 spiro atoms. The molecule has 2 heterocycles. The van der Waals surface area contributed by atoms with E-state index in [1.54, 1.807) is 7.11 Å². The van der Waals surface area contributed by atoms with E-state index < -0.39 is 19.9 Å². The molecule has 1 aromatic heterocycles. The Morgan fingerprint density at radius 3 is 2.96 bits per heavy atom. The predicted octanol–water partition coefficient (Wildman–Crippen LogP) is 1.79. The van der Waals surface area contributed by atoms with Gasteiger partial charge in [0.05, 0.1) is 19.3 Å². The Morgan fingerprint density at radius 1 is 1.32 bits per heavy atom. The van der Waals surface area contributed by atoms with E-state index in [4.69, 9.17) is 18.3 Å². The number of para-hydroxylation sites is 1. The van der Waals surface area contributed by atoms with Gasteiger partial charge in [-0.1, -0.05) is 18.2 Å². The van der Waals surface area contributed by atoms with Crippen LogP contribution in [0.3, 0.4) is 0 Å². The van der Waals surface area contributed by atoms with Crippen molar-refractivity contribution in [3.63, 3.8) is 0 Å². The molecule has 0 saturated carbocycles. The fourth-order valence-corrected chi connectivity index (χ4v) is 3.37. The second kappa shape index (κ2) is 8.40. The zero-order valence-electron chi connectivity index (χ0n) is 13.7. The first-order chi connectivity index (χ1) is 12.2. The average Bonchev–Trinajstić information content (AvgIpc) is 2.63. The van der Waals surface area contributed by atoms with Gasteiger partial charge in [0.25, 0.3) is 5.56 Å². The molecule has 3 rings (SSSR count). The molecule has 25 heavy (non-hydrogen) atoms. The first-order valence-corrected chi connectivity index (χ1v) is 8.89. The number of rotatable bonds is 7. The van der Waals surface area contributed by atoms with E-state index in [-0.39, 0.29) is 12.7 Å². The summed E-state index contributed by atoms with van der Waals surface area (Å²) in [4.78, 5) is 24.9. The van der Waals surface area contributed by atoms with Crippen molar-refractivity contribution in [2.45, 2.75) is 25.7 Å². The lowest BCUT2D eigenvalue weighted by Gasteiger charge is -2.25. The summed E-state index contributed by atoms with van der Waals surface area (Å²) in [6, 6.07) is 8.97. The van der Waals surface area contributed by atoms with Gasteiger partial charge in [0.15, 0.2) is 0 Å². The van der Waals surface area contributed by atoms with Gasteiger partial charge >= 0.3 is 14.3 Å². The molecule has 2 atom stereocenters. The highest BCUT2D eigenvalue weighted by molar-refractivity contribution is 7.42. The van der Waals surface area contributed by atoms with Crippen molar-refractivity contribution in [2.75, 3.05) is 13.7 Å². The zero-order chi connectivity index (χ0) is 17.6. The highest BCUT2D eigenvalue weighted by Crippen LogP contribution is 2.47. The Morgan fingerprint density at radius 2 is 2.16 bits per heavy atom. The number of nitrogens with zero attached hydrogens (tertiary/aromatic N) is 1. The van der Waals surface area contributed by atoms with Crippen molar-refractivity contribution in [3.8, 4) is 5.75 Å². The average molecular weight is 366 g/mol. The van der Waals surface area contributed by atoms with Crippen LogP contribution in [-0.4, -0.2) is 29.4 Å². The van der Waals surface area contributed by atoms with Crippen LogP contribution in [0.4, 0.5) is 0 Å². The molecule has 1 aliphatic heterocycles. The van der Waals surface area contributed by atoms with Crippen molar-refractivity contribution >= 4 is 8.60 Å². The van der Waals surface area contributed by atoms with E-state index in [9.17, 15) is 9.59 Å². The van der Waals surface area contributed by atoms with Crippen LogP contribution in [0.2, 0.25) is 0 Å². The molecule has 9 heteroatoms. The number of aromatic amines is 1. The summed E-state index contributed by atoms with van der Waals surface area (Å²) in [5.74, 6) is 0.772. The van der Waals surface area contributed by atoms with Gasteiger partial charge in [-0.3, -0.25) is 18.8 Å². The molecule has 0 radical (unpaired) electrons. The van der Waals surface area contributed by atoms with Crippen LogP contribution in [0.15, 0.2) is 46.1 Å². The fraction of sp³-hybridized carbons (Fsp3) is 0.375. The minimum Gasteiger partial charge on any atom is -0.426 e. The number of methoxy groups -OCH3 is 1. The number of nitrogens with one attached hydrogen (secondary N) is 1. The van der Waals surface area contributed by atoms with Gasteiger partial charge in [-0.15, -0.1) is 0 Å². The number of aryl methyl sites for hydroxylation is 1. The number of fused-ring (bicyclic) bond motifs is 1. The van der Waals surface area contributed by atoms with E-state index in [1.165, 1.54) is 16.8 Å². The normalized spacial score (nSPS) is 17.6. The molecule has 1 aromatic carbocycles. The summed E-state index contributed by atoms with van der Waals surface area (Å²) in [5.41, 5.74) is 0.135. The summed E-state index contributed by atoms with van der Waals surface area (Å²) < 4.78 is 23.7. The van der Waals surface area contributed by atoms with E-state index in [0.717, 1.165) is 11.3 Å². The first-order valence-electron chi connectivity index (χ1n) is 7.80. The third-order valence-electron chi connectivity index (χ3n) is 3.76. The number of aromatic nitrogens is 2. The van der Waals surface area contributed by atoms with Crippen LogP contribution in [0.5, 0.6) is 5.75 Å². The summed E-state index contributed by atoms with van der Waals surface area (Å²) >= 11 is 0. The maximum atomic E-state index is 11.7. The van der Waals surface area contributed by atoms with Gasteiger partial charge in [-0.2, -0.15) is 0 Å². The Kier molecular flexibility index (Phi) is 5.99. The second-order valence-electron chi connectivity index (χ2n) is 5.44. The number of hydrogen-bond donors (Lipinski definition) is 1. The Balaban J connectivity index is 1.49. The molecular weight excluding hydrogens is 347 g/mol. The zero-order valence-corrected chi connectivity index (χ0v) is 14.6. The Bertz CT molecular complexity index is 821. The Labute approximate surface area is 145 Å². The maximum Gasteiger partial charge on any atom is 0.397 e.